The molecule has 3 N–H and O–H groups in total. The van der Waals surface area contributed by atoms with Gasteiger partial charge in [0.05, 0.1) is 12.7 Å². The molecule has 0 bridgehead atoms. The van der Waals surface area contributed by atoms with E-state index in [0.29, 0.717) is 24.2 Å². The van der Waals surface area contributed by atoms with Crippen molar-refractivity contribution in [3.63, 3.8) is 0 Å². The van der Waals surface area contributed by atoms with E-state index >= 15 is 0 Å². The summed E-state index contributed by atoms with van der Waals surface area (Å²) in [5.74, 6) is -0.509. The second kappa shape index (κ2) is 10.7. The van der Waals surface area contributed by atoms with Crippen LogP contribution in [0, 0.1) is 0 Å². The summed E-state index contributed by atoms with van der Waals surface area (Å²) >= 11 is 0. The lowest BCUT2D eigenvalue weighted by Gasteiger charge is -2.23. The van der Waals surface area contributed by atoms with Crippen LogP contribution in [0.5, 0.6) is 0 Å². The van der Waals surface area contributed by atoms with Crippen LogP contribution < -0.4 is 16.0 Å². The molecule has 1 aliphatic heterocycles. The molecule has 2 amide bonds. The molecule has 7 nitrogen and oxygen atoms in total. The van der Waals surface area contributed by atoms with Gasteiger partial charge in [-0.25, -0.2) is 4.98 Å². The van der Waals surface area contributed by atoms with Crippen molar-refractivity contribution < 1.29 is 14.3 Å². The van der Waals surface area contributed by atoms with Gasteiger partial charge < -0.3 is 20.7 Å². The Labute approximate surface area is 171 Å². The van der Waals surface area contributed by atoms with Crippen LogP contribution in [0.4, 0.5) is 0 Å². The van der Waals surface area contributed by atoms with E-state index < -0.39 is 0 Å². The third-order valence-electron chi connectivity index (χ3n) is 4.82. The molecule has 0 spiro atoms. The van der Waals surface area contributed by atoms with E-state index in [1.807, 2.05) is 30.3 Å². The fraction of sp³-hybridized carbons (Fsp3) is 0.409. The molecule has 1 unspecified atom stereocenters. The highest BCUT2D eigenvalue weighted by atomic mass is 16.5. The summed E-state index contributed by atoms with van der Waals surface area (Å²) in [5, 5.41) is 8.82. The van der Waals surface area contributed by atoms with Crippen LogP contribution in [0.1, 0.15) is 44.9 Å². The van der Waals surface area contributed by atoms with E-state index in [1.165, 1.54) is 6.07 Å². The van der Waals surface area contributed by atoms with E-state index in [-0.39, 0.29) is 23.6 Å². The van der Waals surface area contributed by atoms with Gasteiger partial charge in [-0.05, 0) is 30.5 Å². The number of aromatic nitrogens is 1. The quantitative estimate of drug-likeness (QED) is 0.589. The number of morpholine rings is 1. The molecule has 0 radical (unpaired) electrons. The predicted molar refractivity (Wildman–Crippen MR) is 111 cm³/mol. The summed E-state index contributed by atoms with van der Waals surface area (Å²) in [7, 11) is 1.55. The van der Waals surface area contributed by atoms with Crippen LogP contribution in [0.25, 0.3) is 0 Å². The highest BCUT2D eigenvalue weighted by molar-refractivity contribution is 5.98. The molecule has 1 aromatic heterocycles. The third kappa shape index (κ3) is 6.37. The second-order valence-electron chi connectivity index (χ2n) is 7.07. The van der Waals surface area contributed by atoms with Gasteiger partial charge in [0.15, 0.2) is 0 Å². The zero-order valence-electron chi connectivity index (χ0n) is 16.7. The van der Waals surface area contributed by atoms with Gasteiger partial charge in [-0.1, -0.05) is 30.3 Å². The second-order valence-corrected chi connectivity index (χ2v) is 7.07. The molecule has 1 fully saturated rings. The van der Waals surface area contributed by atoms with Gasteiger partial charge in [-0.15, -0.1) is 0 Å². The Balaban J connectivity index is 1.63. The van der Waals surface area contributed by atoms with Crippen LogP contribution in [0.2, 0.25) is 0 Å². The third-order valence-corrected chi connectivity index (χ3v) is 4.82. The number of nitrogens with one attached hydrogen (secondary N) is 3. The smallest absolute Gasteiger partial charge is 0.269 e. The first-order valence-electron chi connectivity index (χ1n) is 10.0. The molecule has 3 rings (SSSR count). The zero-order chi connectivity index (χ0) is 20.5. The lowest BCUT2D eigenvalue weighted by Crippen LogP contribution is -2.38. The van der Waals surface area contributed by atoms with E-state index in [0.717, 1.165) is 38.1 Å². The first-order chi connectivity index (χ1) is 14.2. The molecule has 1 saturated heterocycles. The molecular formula is C22H28N4O3. The molecular weight excluding hydrogens is 368 g/mol. The Morgan fingerprint density at radius 2 is 2.03 bits per heavy atom. The lowest BCUT2D eigenvalue weighted by atomic mass is 10.1. The average molecular weight is 396 g/mol. The van der Waals surface area contributed by atoms with Crippen LogP contribution in [0.15, 0.2) is 42.5 Å². The minimum Gasteiger partial charge on any atom is -0.376 e. The van der Waals surface area contributed by atoms with Crippen molar-refractivity contribution in [3.05, 3.63) is 65.0 Å². The average Bonchev–Trinajstić information content (AvgIpc) is 2.77. The van der Waals surface area contributed by atoms with Gasteiger partial charge in [0.25, 0.3) is 11.8 Å². The largest absolute Gasteiger partial charge is 0.376 e. The van der Waals surface area contributed by atoms with E-state index in [4.69, 9.17) is 4.74 Å². The number of carbonyl (C=O) groups is 2. The lowest BCUT2D eigenvalue weighted by molar-refractivity contribution is 0.0225. The maximum absolute atomic E-state index is 12.6. The SMILES string of the molecule is CNC(=O)c1cc(C(=O)NCCCC2CNCCO2)cc(Cc2ccccc2)n1. The van der Waals surface area contributed by atoms with Crippen molar-refractivity contribution in [2.45, 2.75) is 25.4 Å². The minimum atomic E-state index is -0.309. The first kappa shape index (κ1) is 21.0. The highest BCUT2D eigenvalue weighted by Crippen LogP contribution is 2.12. The molecule has 1 aromatic carbocycles. The van der Waals surface area contributed by atoms with Crippen LogP contribution in [-0.2, 0) is 11.2 Å². The number of ether oxygens (including phenoxy) is 1. The zero-order valence-corrected chi connectivity index (χ0v) is 16.7. The van der Waals surface area contributed by atoms with Crippen molar-refractivity contribution in [2.24, 2.45) is 0 Å². The predicted octanol–water partition coefficient (Wildman–Crippen LogP) is 1.53. The fourth-order valence-electron chi connectivity index (χ4n) is 3.30. The Bertz CT molecular complexity index is 820. The molecule has 7 heteroatoms. The molecule has 2 aromatic rings. The van der Waals surface area contributed by atoms with Gasteiger partial charge >= 0.3 is 0 Å². The molecule has 0 saturated carbocycles. The summed E-state index contributed by atoms with van der Waals surface area (Å²) in [4.78, 5) is 29.2. The van der Waals surface area contributed by atoms with E-state index in [9.17, 15) is 9.59 Å². The molecule has 29 heavy (non-hydrogen) atoms. The van der Waals surface area contributed by atoms with Crippen molar-refractivity contribution in [1.82, 2.24) is 20.9 Å². The molecule has 1 atom stereocenters. The van der Waals surface area contributed by atoms with Crippen molar-refractivity contribution in [2.75, 3.05) is 33.3 Å². The standard InChI is InChI=1S/C22H28N4O3/c1-23-22(28)20-14-17(13-18(26-20)12-16-6-3-2-4-7-16)21(27)25-9-5-8-19-15-24-10-11-29-19/h2-4,6-7,13-14,19,24H,5,8-12,15H2,1H3,(H,23,28)(H,25,27). The molecule has 0 aliphatic carbocycles. The van der Waals surface area contributed by atoms with Crippen molar-refractivity contribution >= 4 is 11.8 Å². The summed E-state index contributed by atoms with van der Waals surface area (Å²) < 4.78 is 5.67. The van der Waals surface area contributed by atoms with Gasteiger partial charge in [-0.2, -0.15) is 0 Å². The number of carbonyl (C=O) groups excluding carboxylic acids is 2. The summed E-state index contributed by atoms with van der Waals surface area (Å²) in [6.07, 6.45) is 2.49. The Kier molecular flexibility index (Phi) is 7.72. The number of rotatable bonds is 8. The Morgan fingerprint density at radius 3 is 2.76 bits per heavy atom. The topological polar surface area (TPSA) is 92.4 Å². The van der Waals surface area contributed by atoms with Gasteiger partial charge in [-0.3, -0.25) is 9.59 Å². The monoisotopic (exact) mass is 396 g/mol. The maximum Gasteiger partial charge on any atom is 0.269 e. The summed E-state index contributed by atoms with van der Waals surface area (Å²) in [6.45, 7) is 3.05. The molecule has 154 valence electrons. The highest BCUT2D eigenvalue weighted by Gasteiger charge is 2.15. The molecule has 2 heterocycles. The van der Waals surface area contributed by atoms with E-state index in [1.54, 1.807) is 13.1 Å². The van der Waals surface area contributed by atoms with Crippen LogP contribution >= 0.6 is 0 Å². The van der Waals surface area contributed by atoms with Crippen LogP contribution in [0.3, 0.4) is 0 Å². The number of nitrogens with zero attached hydrogens (tertiary/aromatic N) is 1. The van der Waals surface area contributed by atoms with E-state index in [2.05, 4.69) is 20.9 Å². The minimum absolute atomic E-state index is 0.199. The van der Waals surface area contributed by atoms with Gasteiger partial charge in [0.2, 0.25) is 0 Å². The number of amides is 2. The Morgan fingerprint density at radius 1 is 1.21 bits per heavy atom. The molecule has 1 aliphatic rings. The first-order valence-corrected chi connectivity index (χ1v) is 10.0. The van der Waals surface area contributed by atoms with Crippen molar-refractivity contribution in [3.8, 4) is 0 Å². The summed E-state index contributed by atoms with van der Waals surface area (Å²) in [6, 6.07) is 13.1. The maximum atomic E-state index is 12.6. The fourth-order valence-corrected chi connectivity index (χ4v) is 3.30. The Hall–Kier alpha value is -2.77. The number of hydrogen-bond donors (Lipinski definition) is 3. The number of benzene rings is 1. The van der Waals surface area contributed by atoms with Crippen molar-refractivity contribution in [1.29, 1.82) is 0 Å². The van der Waals surface area contributed by atoms with Gasteiger partial charge in [0.1, 0.15) is 5.69 Å². The van der Waals surface area contributed by atoms with Gasteiger partial charge in [0, 0.05) is 44.4 Å². The number of pyridine rings is 1. The normalized spacial score (nSPS) is 16.2. The summed E-state index contributed by atoms with van der Waals surface area (Å²) in [5.41, 5.74) is 2.44. The van der Waals surface area contributed by atoms with Crippen LogP contribution in [-0.4, -0.2) is 56.2 Å². The number of hydrogen-bond acceptors (Lipinski definition) is 5.